The molecule has 2 bridgehead atoms. The fourth-order valence-electron chi connectivity index (χ4n) is 5.57. The predicted octanol–water partition coefficient (Wildman–Crippen LogP) is 4.63. The molecule has 1 saturated carbocycles. The molecule has 30 heavy (non-hydrogen) atoms. The molecule has 0 spiro atoms. The lowest BCUT2D eigenvalue weighted by Gasteiger charge is -2.44. The molecule has 2 amide bonds. The Bertz CT molecular complexity index is 995. The Morgan fingerprint density at radius 1 is 0.967 bits per heavy atom. The van der Waals surface area contributed by atoms with Crippen molar-refractivity contribution < 1.29 is 4.79 Å². The number of nitrogens with zero attached hydrogens (tertiary/aromatic N) is 2. The van der Waals surface area contributed by atoms with Gasteiger partial charge in [-0.25, -0.2) is 4.79 Å². The van der Waals surface area contributed by atoms with E-state index in [1.807, 2.05) is 39.8 Å². The van der Waals surface area contributed by atoms with Gasteiger partial charge in [-0.3, -0.25) is 4.79 Å². The van der Waals surface area contributed by atoms with Gasteiger partial charge in [-0.05, 0) is 48.9 Å². The van der Waals surface area contributed by atoms with Crippen LogP contribution in [0.2, 0.25) is 5.02 Å². The van der Waals surface area contributed by atoms with Crippen molar-refractivity contribution in [2.45, 2.75) is 57.0 Å². The number of hydrogen-bond donors (Lipinski definition) is 1. The van der Waals surface area contributed by atoms with Crippen LogP contribution in [0.5, 0.6) is 0 Å². The third-order valence-electron chi connectivity index (χ3n) is 6.97. The van der Waals surface area contributed by atoms with Crippen LogP contribution in [0, 0.1) is 5.92 Å². The molecule has 1 aromatic heterocycles. The number of benzene rings is 1. The van der Waals surface area contributed by atoms with Crippen LogP contribution in [0.1, 0.15) is 50.1 Å². The van der Waals surface area contributed by atoms with E-state index in [1.54, 1.807) is 6.07 Å². The predicted molar refractivity (Wildman–Crippen MR) is 119 cm³/mol. The summed E-state index contributed by atoms with van der Waals surface area (Å²) in [6.45, 7) is 2.07. The normalized spacial score (nSPS) is 23.7. The van der Waals surface area contributed by atoms with E-state index in [1.165, 1.54) is 19.3 Å². The molecule has 1 N–H and O–H groups in total. The summed E-state index contributed by atoms with van der Waals surface area (Å²) in [4.78, 5) is 27.6. The number of nitrogens with one attached hydrogen (secondary N) is 1. The van der Waals surface area contributed by atoms with Crippen molar-refractivity contribution in [2.75, 3.05) is 13.1 Å². The van der Waals surface area contributed by atoms with Crippen molar-refractivity contribution in [1.82, 2.24) is 14.8 Å². The number of fused-ring (bicyclic) bond motifs is 4. The van der Waals surface area contributed by atoms with Gasteiger partial charge in [-0.15, -0.1) is 0 Å². The fraction of sp³-hybridized carbons (Fsp3) is 0.500. The van der Waals surface area contributed by atoms with Gasteiger partial charge in [0.2, 0.25) is 0 Å². The summed E-state index contributed by atoms with van der Waals surface area (Å²) in [5, 5.41) is 3.97. The zero-order valence-electron chi connectivity index (χ0n) is 17.1. The molecule has 2 fully saturated rings. The summed E-state index contributed by atoms with van der Waals surface area (Å²) in [5.74, 6) is 0.501. The average Bonchev–Trinajstić information content (AvgIpc) is 2.76. The molecule has 2 atom stereocenters. The number of amides is 2. The van der Waals surface area contributed by atoms with Gasteiger partial charge in [0.05, 0.1) is 0 Å². The highest BCUT2D eigenvalue weighted by molar-refractivity contribution is 6.30. The van der Waals surface area contributed by atoms with Crippen LogP contribution in [0.15, 0.2) is 41.2 Å². The molecule has 2 aromatic rings. The van der Waals surface area contributed by atoms with E-state index in [9.17, 15) is 9.59 Å². The highest BCUT2D eigenvalue weighted by Gasteiger charge is 2.38. The Kier molecular flexibility index (Phi) is 5.32. The van der Waals surface area contributed by atoms with Crippen molar-refractivity contribution in [2.24, 2.45) is 5.92 Å². The Balaban J connectivity index is 1.43. The summed E-state index contributed by atoms with van der Waals surface area (Å²) < 4.78 is 1.94. The van der Waals surface area contributed by atoms with E-state index in [0.717, 1.165) is 42.6 Å². The number of piperidine rings is 1. The first-order chi connectivity index (χ1) is 14.6. The lowest BCUT2D eigenvalue weighted by atomic mass is 9.80. The maximum atomic E-state index is 13.0. The molecule has 2 aliphatic heterocycles. The average molecular weight is 426 g/mol. The van der Waals surface area contributed by atoms with Crippen LogP contribution >= 0.6 is 11.6 Å². The van der Waals surface area contributed by atoms with E-state index >= 15 is 0 Å². The molecule has 0 radical (unpaired) electrons. The number of carbonyl (C=O) groups is 1. The van der Waals surface area contributed by atoms with Gasteiger partial charge in [0, 0.05) is 53.9 Å². The molecule has 5 nitrogen and oxygen atoms in total. The van der Waals surface area contributed by atoms with Gasteiger partial charge in [-0.1, -0.05) is 43.0 Å². The highest BCUT2D eigenvalue weighted by Crippen LogP contribution is 2.40. The summed E-state index contributed by atoms with van der Waals surface area (Å²) in [6.07, 6.45) is 6.89. The van der Waals surface area contributed by atoms with E-state index < -0.39 is 0 Å². The number of halogens is 1. The minimum Gasteiger partial charge on any atom is -0.335 e. The first-order valence-electron chi connectivity index (χ1n) is 11.1. The van der Waals surface area contributed by atoms with Gasteiger partial charge in [0.15, 0.2) is 0 Å². The van der Waals surface area contributed by atoms with Gasteiger partial charge in [0.1, 0.15) is 0 Å². The highest BCUT2D eigenvalue weighted by atomic mass is 35.5. The molecule has 5 rings (SSSR count). The Morgan fingerprint density at radius 2 is 1.73 bits per heavy atom. The monoisotopic (exact) mass is 425 g/mol. The third-order valence-corrected chi connectivity index (χ3v) is 7.22. The number of carbonyl (C=O) groups excluding carboxylic acids is 1. The maximum absolute atomic E-state index is 13.0. The number of hydrogen-bond acceptors (Lipinski definition) is 2. The van der Waals surface area contributed by atoms with Gasteiger partial charge in [-0.2, -0.15) is 0 Å². The van der Waals surface area contributed by atoms with Crippen LogP contribution in [0.3, 0.4) is 0 Å². The third kappa shape index (κ3) is 3.76. The Hall–Kier alpha value is -2.27. The number of likely N-dealkylation sites (tertiary alicyclic amines) is 1. The lowest BCUT2D eigenvalue weighted by Crippen LogP contribution is -2.53. The van der Waals surface area contributed by atoms with E-state index in [0.29, 0.717) is 30.1 Å². The van der Waals surface area contributed by atoms with Gasteiger partial charge < -0.3 is 14.8 Å². The lowest BCUT2D eigenvalue weighted by molar-refractivity contribution is 0.128. The minimum atomic E-state index is 0.0533. The zero-order valence-corrected chi connectivity index (χ0v) is 17.9. The molecule has 0 unspecified atom stereocenters. The summed E-state index contributed by atoms with van der Waals surface area (Å²) in [5.41, 5.74) is 3.25. The smallest absolute Gasteiger partial charge is 0.317 e. The number of aromatic nitrogens is 1. The molecule has 3 heterocycles. The van der Waals surface area contributed by atoms with E-state index in [-0.39, 0.29) is 17.5 Å². The number of urea groups is 1. The molecule has 1 aliphatic carbocycles. The summed E-state index contributed by atoms with van der Waals surface area (Å²) in [7, 11) is 0. The summed E-state index contributed by atoms with van der Waals surface area (Å²) >= 11 is 6.08. The van der Waals surface area contributed by atoms with Crippen LogP contribution in [-0.2, 0) is 6.54 Å². The van der Waals surface area contributed by atoms with Crippen molar-refractivity contribution in [3.63, 3.8) is 0 Å². The molecular formula is C24H28ClN3O2. The minimum absolute atomic E-state index is 0.0533. The Morgan fingerprint density at radius 3 is 2.50 bits per heavy atom. The molecule has 1 aromatic carbocycles. The van der Waals surface area contributed by atoms with E-state index in [4.69, 9.17) is 11.6 Å². The van der Waals surface area contributed by atoms with Crippen LogP contribution in [0.25, 0.3) is 11.1 Å². The van der Waals surface area contributed by atoms with Crippen molar-refractivity contribution in [1.29, 1.82) is 0 Å². The van der Waals surface area contributed by atoms with Crippen molar-refractivity contribution >= 4 is 17.6 Å². The molecular weight excluding hydrogens is 398 g/mol. The van der Waals surface area contributed by atoms with Gasteiger partial charge >= 0.3 is 6.03 Å². The standard InChI is InChI=1S/C24H28ClN3O2/c25-19-8-6-17(7-9-19)21-10-11-22(29)28-14-16-12-18(23(21)28)15-27(13-16)24(30)26-20-4-2-1-3-5-20/h6-11,16,18,20H,1-5,12-15H2,(H,26,30)/t16-,18-/m0/s1. The maximum Gasteiger partial charge on any atom is 0.317 e. The molecule has 1 saturated heterocycles. The van der Waals surface area contributed by atoms with Gasteiger partial charge in [0.25, 0.3) is 5.56 Å². The molecule has 6 heteroatoms. The molecule has 3 aliphatic rings. The van der Waals surface area contributed by atoms with Crippen LogP contribution in [-0.4, -0.2) is 34.6 Å². The first kappa shape index (κ1) is 19.7. The quantitative estimate of drug-likeness (QED) is 0.762. The Labute approximate surface area is 182 Å². The summed E-state index contributed by atoms with van der Waals surface area (Å²) in [6, 6.07) is 11.8. The number of rotatable bonds is 2. The topological polar surface area (TPSA) is 54.3 Å². The fourth-order valence-corrected chi connectivity index (χ4v) is 5.69. The van der Waals surface area contributed by atoms with Crippen molar-refractivity contribution in [3.05, 3.63) is 57.5 Å². The largest absolute Gasteiger partial charge is 0.335 e. The van der Waals surface area contributed by atoms with E-state index in [2.05, 4.69) is 5.32 Å². The molecule has 158 valence electrons. The second-order valence-electron chi connectivity index (χ2n) is 9.08. The SMILES string of the molecule is O=C(NC1CCCCC1)N1C[C@@H]2C[C@@H](C1)c1c(-c3ccc(Cl)cc3)ccc(=O)n1C2. The second kappa shape index (κ2) is 8.10. The van der Waals surface area contributed by atoms with Crippen LogP contribution in [0.4, 0.5) is 4.79 Å². The number of pyridine rings is 1. The van der Waals surface area contributed by atoms with Crippen LogP contribution < -0.4 is 10.9 Å². The van der Waals surface area contributed by atoms with Crippen molar-refractivity contribution in [3.8, 4) is 11.1 Å². The second-order valence-corrected chi connectivity index (χ2v) is 9.51. The zero-order chi connectivity index (χ0) is 20.7. The first-order valence-corrected chi connectivity index (χ1v) is 11.5.